The maximum absolute atomic E-state index is 11.4. The third kappa shape index (κ3) is 3.24. The van der Waals surface area contributed by atoms with Crippen molar-refractivity contribution in [3.63, 3.8) is 0 Å². The average molecular weight is 304 g/mol. The van der Waals surface area contributed by atoms with Gasteiger partial charge >= 0.3 is 11.9 Å². The van der Waals surface area contributed by atoms with Crippen LogP contribution in [0.5, 0.6) is 0 Å². The van der Waals surface area contributed by atoms with Crippen LogP contribution < -0.4 is 0 Å². The number of carboxylic acid groups (broad SMARTS) is 1. The van der Waals surface area contributed by atoms with Crippen LogP contribution >= 0.6 is 0 Å². The predicted octanol–water partition coefficient (Wildman–Crippen LogP) is 1.50. The number of hydrogen-bond acceptors (Lipinski definition) is 5. The molecule has 0 amide bonds. The van der Waals surface area contributed by atoms with Gasteiger partial charge in [-0.05, 0) is 41.5 Å². The van der Waals surface area contributed by atoms with Gasteiger partial charge in [0.05, 0.1) is 12.2 Å². The van der Waals surface area contributed by atoms with Gasteiger partial charge in [-0.15, -0.1) is 0 Å². The lowest BCUT2D eigenvalue weighted by atomic mass is 9.99. The van der Waals surface area contributed by atoms with Gasteiger partial charge in [0.25, 0.3) is 0 Å². The number of aliphatic hydroxyl groups excluding tert-OH is 2. The molecule has 0 heterocycles. The number of carbonyl (C=O) groups excluding carboxylic acids is 1. The summed E-state index contributed by atoms with van der Waals surface area (Å²) in [5.41, 5.74) is 0.503. The molecule has 2 atom stereocenters. The number of carbonyl (C=O) groups is 2. The molecule has 0 saturated heterocycles. The lowest BCUT2D eigenvalue weighted by Gasteiger charge is -2.17. The van der Waals surface area contributed by atoms with E-state index in [0.29, 0.717) is 16.3 Å². The Morgan fingerprint density at radius 3 is 2.36 bits per heavy atom. The largest absolute Gasteiger partial charge is 0.478 e. The zero-order valence-corrected chi connectivity index (χ0v) is 11.9. The summed E-state index contributed by atoms with van der Waals surface area (Å²) >= 11 is 0. The second kappa shape index (κ2) is 6.55. The van der Waals surface area contributed by atoms with Gasteiger partial charge in [-0.2, -0.15) is 0 Å². The van der Waals surface area contributed by atoms with Crippen LogP contribution in [0, 0.1) is 0 Å². The quantitative estimate of drug-likeness (QED) is 0.723. The number of rotatable bonds is 5. The fourth-order valence-corrected chi connectivity index (χ4v) is 2.12. The van der Waals surface area contributed by atoms with E-state index in [4.69, 9.17) is 5.11 Å². The Bertz CT molecular complexity index is 709. The van der Waals surface area contributed by atoms with Gasteiger partial charge in [-0.3, -0.25) is 0 Å². The van der Waals surface area contributed by atoms with Crippen LogP contribution in [-0.4, -0.2) is 40.0 Å². The molecular formula is C16H16O6. The highest BCUT2D eigenvalue weighted by Gasteiger charge is 2.27. The van der Waals surface area contributed by atoms with E-state index < -0.39 is 24.1 Å². The Hall–Kier alpha value is -2.44. The molecule has 6 nitrogen and oxygen atoms in total. The zero-order valence-electron chi connectivity index (χ0n) is 11.9. The molecule has 116 valence electrons. The Kier molecular flexibility index (Phi) is 4.75. The standard InChI is InChI=1S/C16H16O6/c1-2-22-16(21)14(18)13(17)11-5-3-10-8-12(15(19)20)6-4-9(10)7-11/h3-8,13-14,17-18H,2H2,1H3,(H,19,20). The number of benzene rings is 2. The molecule has 0 bridgehead atoms. The Balaban J connectivity index is 2.31. The molecule has 0 aromatic heterocycles. The highest BCUT2D eigenvalue weighted by molar-refractivity contribution is 5.94. The third-order valence-corrected chi connectivity index (χ3v) is 3.28. The fraction of sp³-hybridized carbons (Fsp3) is 0.250. The number of aliphatic hydroxyl groups is 2. The second-order valence-corrected chi connectivity index (χ2v) is 4.77. The van der Waals surface area contributed by atoms with Gasteiger partial charge in [0.15, 0.2) is 6.10 Å². The Labute approximate surface area is 126 Å². The number of carboxylic acids is 1. The minimum Gasteiger partial charge on any atom is -0.478 e. The molecule has 2 aromatic rings. The summed E-state index contributed by atoms with van der Waals surface area (Å²) in [4.78, 5) is 22.4. The van der Waals surface area contributed by atoms with Crippen molar-refractivity contribution >= 4 is 22.7 Å². The summed E-state index contributed by atoms with van der Waals surface area (Å²) in [7, 11) is 0. The van der Waals surface area contributed by atoms with E-state index >= 15 is 0 Å². The molecule has 0 aliphatic carbocycles. The fourth-order valence-electron chi connectivity index (χ4n) is 2.12. The molecule has 2 rings (SSSR count). The first-order valence-corrected chi connectivity index (χ1v) is 6.73. The van der Waals surface area contributed by atoms with Gasteiger partial charge in [0.2, 0.25) is 0 Å². The molecule has 3 N–H and O–H groups in total. The summed E-state index contributed by atoms with van der Waals surface area (Å²) in [6.07, 6.45) is -3.08. The van der Waals surface area contributed by atoms with Gasteiger partial charge in [-0.25, -0.2) is 9.59 Å². The van der Waals surface area contributed by atoms with Crippen molar-refractivity contribution in [1.29, 1.82) is 0 Å². The maximum Gasteiger partial charge on any atom is 0.338 e. The van der Waals surface area contributed by atoms with Crippen molar-refractivity contribution in [2.24, 2.45) is 0 Å². The average Bonchev–Trinajstić information content (AvgIpc) is 2.52. The first-order valence-electron chi connectivity index (χ1n) is 6.73. The highest BCUT2D eigenvalue weighted by atomic mass is 16.5. The number of ether oxygens (including phenoxy) is 1. The lowest BCUT2D eigenvalue weighted by Crippen LogP contribution is -2.29. The van der Waals surface area contributed by atoms with Crippen LogP contribution in [0.1, 0.15) is 28.9 Å². The van der Waals surface area contributed by atoms with Gasteiger partial charge in [0.1, 0.15) is 6.10 Å². The van der Waals surface area contributed by atoms with E-state index in [9.17, 15) is 19.8 Å². The number of fused-ring (bicyclic) bond motifs is 1. The van der Waals surface area contributed by atoms with E-state index in [1.807, 2.05) is 0 Å². The highest BCUT2D eigenvalue weighted by Crippen LogP contribution is 2.24. The molecule has 6 heteroatoms. The molecule has 0 spiro atoms. The molecule has 2 unspecified atom stereocenters. The van der Waals surface area contributed by atoms with Gasteiger partial charge < -0.3 is 20.1 Å². The SMILES string of the molecule is CCOC(=O)C(O)C(O)c1ccc2cc(C(=O)O)ccc2c1. The molecule has 0 radical (unpaired) electrons. The molecule has 0 aliphatic rings. The Morgan fingerprint density at radius 1 is 1.09 bits per heavy atom. The summed E-state index contributed by atoms with van der Waals surface area (Å²) in [6, 6.07) is 9.30. The monoisotopic (exact) mass is 304 g/mol. The smallest absolute Gasteiger partial charge is 0.338 e. The number of hydrogen-bond donors (Lipinski definition) is 3. The minimum atomic E-state index is -1.67. The van der Waals surface area contributed by atoms with Crippen molar-refractivity contribution < 1.29 is 29.6 Å². The van der Waals surface area contributed by atoms with Crippen LogP contribution in [-0.2, 0) is 9.53 Å². The molecule has 0 fully saturated rings. The van der Waals surface area contributed by atoms with Crippen LogP contribution in [0.15, 0.2) is 36.4 Å². The second-order valence-electron chi connectivity index (χ2n) is 4.77. The van der Waals surface area contributed by atoms with Crippen molar-refractivity contribution in [2.75, 3.05) is 6.61 Å². The van der Waals surface area contributed by atoms with Crippen molar-refractivity contribution in [2.45, 2.75) is 19.1 Å². The first-order chi connectivity index (χ1) is 10.4. The van der Waals surface area contributed by atoms with E-state index in [0.717, 1.165) is 0 Å². The topological polar surface area (TPSA) is 104 Å². The third-order valence-electron chi connectivity index (χ3n) is 3.28. The molecule has 2 aromatic carbocycles. The number of aromatic carboxylic acids is 1. The Morgan fingerprint density at radius 2 is 1.73 bits per heavy atom. The first kappa shape index (κ1) is 15.9. The van der Waals surface area contributed by atoms with E-state index in [1.165, 1.54) is 18.2 Å². The predicted molar refractivity (Wildman–Crippen MR) is 78.5 cm³/mol. The number of esters is 1. The summed E-state index contributed by atoms with van der Waals surface area (Å²) in [5, 5.41) is 30.1. The van der Waals surface area contributed by atoms with Gasteiger partial charge in [-0.1, -0.05) is 18.2 Å². The minimum absolute atomic E-state index is 0.109. The molecule has 0 aliphatic heterocycles. The van der Waals surface area contributed by atoms with Crippen LogP contribution in [0.2, 0.25) is 0 Å². The van der Waals surface area contributed by atoms with Crippen molar-refractivity contribution in [3.8, 4) is 0 Å². The van der Waals surface area contributed by atoms with Crippen LogP contribution in [0.3, 0.4) is 0 Å². The maximum atomic E-state index is 11.4. The summed E-state index contributed by atoms with van der Waals surface area (Å²) in [6.45, 7) is 1.71. The van der Waals surface area contributed by atoms with Crippen molar-refractivity contribution in [1.82, 2.24) is 0 Å². The van der Waals surface area contributed by atoms with E-state index in [2.05, 4.69) is 4.74 Å². The van der Waals surface area contributed by atoms with E-state index in [-0.39, 0.29) is 12.2 Å². The normalized spacial score (nSPS) is 13.6. The van der Waals surface area contributed by atoms with Crippen LogP contribution in [0.25, 0.3) is 10.8 Å². The zero-order chi connectivity index (χ0) is 16.3. The molecular weight excluding hydrogens is 288 g/mol. The van der Waals surface area contributed by atoms with Gasteiger partial charge in [0, 0.05) is 0 Å². The summed E-state index contributed by atoms with van der Waals surface area (Å²) < 4.78 is 4.66. The van der Waals surface area contributed by atoms with Crippen LogP contribution in [0.4, 0.5) is 0 Å². The summed E-state index contributed by atoms with van der Waals surface area (Å²) in [5.74, 6) is -1.92. The van der Waals surface area contributed by atoms with E-state index in [1.54, 1.807) is 25.1 Å². The lowest BCUT2D eigenvalue weighted by molar-refractivity contribution is -0.159. The van der Waals surface area contributed by atoms with Crippen molar-refractivity contribution in [3.05, 3.63) is 47.5 Å². The molecule has 0 saturated carbocycles. The molecule has 22 heavy (non-hydrogen) atoms.